The maximum atomic E-state index is 5.35. The molecule has 1 N–H and O–H groups in total. The van der Waals surface area contributed by atoms with Gasteiger partial charge in [-0.1, -0.05) is 15.9 Å². The van der Waals surface area contributed by atoms with Gasteiger partial charge in [0.2, 0.25) is 0 Å². The highest BCUT2D eigenvalue weighted by atomic mass is 79.9. The third kappa shape index (κ3) is 3.36. The molecule has 0 saturated carbocycles. The van der Waals surface area contributed by atoms with Crippen LogP contribution in [0.1, 0.15) is 16.8 Å². The Morgan fingerprint density at radius 1 is 1.32 bits per heavy atom. The lowest BCUT2D eigenvalue weighted by atomic mass is 10.2. The molecule has 0 aliphatic rings. The summed E-state index contributed by atoms with van der Waals surface area (Å²) in [7, 11) is 3.65. The fourth-order valence-corrected chi connectivity index (χ4v) is 2.34. The molecule has 0 bridgehead atoms. The fraction of sp³-hybridized carbons (Fsp3) is 0.357. The molecule has 19 heavy (non-hydrogen) atoms. The number of rotatable bonds is 5. The van der Waals surface area contributed by atoms with Crippen LogP contribution < -0.4 is 10.1 Å². The van der Waals surface area contributed by atoms with Crippen LogP contribution in [0.2, 0.25) is 0 Å². The van der Waals surface area contributed by atoms with E-state index in [4.69, 9.17) is 4.74 Å². The lowest BCUT2D eigenvalue weighted by molar-refractivity contribution is 0.407. The third-order valence-corrected chi connectivity index (χ3v) is 3.70. The molecule has 1 aromatic heterocycles. The van der Waals surface area contributed by atoms with E-state index < -0.39 is 0 Å². The van der Waals surface area contributed by atoms with Gasteiger partial charge in [-0.15, -0.1) is 0 Å². The van der Waals surface area contributed by atoms with Crippen molar-refractivity contribution in [2.24, 2.45) is 7.05 Å². The summed E-state index contributed by atoms with van der Waals surface area (Å²) >= 11 is 3.48. The van der Waals surface area contributed by atoms with Crippen LogP contribution in [0.25, 0.3) is 0 Å². The predicted octanol–water partition coefficient (Wildman–Crippen LogP) is 2.79. The number of aromatic nitrogens is 2. The first-order valence-corrected chi connectivity index (χ1v) is 6.91. The molecule has 102 valence electrons. The zero-order chi connectivity index (χ0) is 13.8. The highest BCUT2D eigenvalue weighted by Gasteiger charge is 2.06. The first-order chi connectivity index (χ1) is 9.11. The van der Waals surface area contributed by atoms with Crippen molar-refractivity contribution in [3.8, 4) is 5.75 Å². The Kier molecular flexibility index (Phi) is 4.61. The summed E-state index contributed by atoms with van der Waals surface area (Å²) in [5.41, 5.74) is 3.54. The summed E-state index contributed by atoms with van der Waals surface area (Å²) < 4.78 is 8.30. The number of halogens is 1. The molecule has 2 aromatic rings. The van der Waals surface area contributed by atoms with Crippen LogP contribution >= 0.6 is 15.9 Å². The zero-order valence-electron chi connectivity index (χ0n) is 11.4. The number of benzene rings is 1. The van der Waals surface area contributed by atoms with E-state index in [0.29, 0.717) is 0 Å². The van der Waals surface area contributed by atoms with E-state index in [1.54, 1.807) is 7.11 Å². The predicted molar refractivity (Wildman–Crippen MR) is 79.2 cm³/mol. The monoisotopic (exact) mass is 323 g/mol. The molecule has 1 heterocycles. The summed E-state index contributed by atoms with van der Waals surface area (Å²) in [5.74, 6) is 0.901. The molecule has 0 radical (unpaired) electrons. The van der Waals surface area contributed by atoms with Gasteiger partial charge in [-0.3, -0.25) is 4.68 Å². The molecule has 0 aliphatic carbocycles. The Labute approximate surface area is 121 Å². The molecule has 4 nitrogen and oxygen atoms in total. The Bertz CT molecular complexity index is 566. The molecule has 0 spiro atoms. The van der Waals surface area contributed by atoms with Gasteiger partial charge in [-0.2, -0.15) is 5.10 Å². The number of nitrogens with zero attached hydrogens (tertiary/aromatic N) is 2. The van der Waals surface area contributed by atoms with Crippen LogP contribution in [0, 0.1) is 6.92 Å². The van der Waals surface area contributed by atoms with E-state index in [2.05, 4.69) is 39.3 Å². The summed E-state index contributed by atoms with van der Waals surface area (Å²) in [4.78, 5) is 0. The smallest absolute Gasteiger partial charge is 0.123 e. The number of aryl methyl sites for hydroxylation is 1. The summed E-state index contributed by atoms with van der Waals surface area (Å²) in [6.07, 6.45) is 1.90. The van der Waals surface area contributed by atoms with Crippen molar-refractivity contribution in [3.63, 3.8) is 0 Å². The van der Waals surface area contributed by atoms with E-state index in [1.165, 1.54) is 11.3 Å². The second-order valence-corrected chi connectivity index (χ2v) is 5.35. The highest BCUT2D eigenvalue weighted by Crippen LogP contribution is 2.22. The van der Waals surface area contributed by atoms with E-state index in [0.717, 1.165) is 28.9 Å². The highest BCUT2D eigenvalue weighted by molar-refractivity contribution is 9.10. The lowest BCUT2D eigenvalue weighted by Crippen LogP contribution is -2.14. The summed E-state index contributed by atoms with van der Waals surface area (Å²) in [5, 5.41) is 7.65. The van der Waals surface area contributed by atoms with Crippen molar-refractivity contribution >= 4 is 15.9 Å². The molecular formula is C14H18BrN3O. The van der Waals surface area contributed by atoms with Crippen molar-refractivity contribution in [1.82, 2.24) is 15.1 Å². The number of ether oxygens (including phenoxy) is 1. The van der Waals surface area contributed by atoms with E-state index >= 15 is 0 Å². The van der Waals surface area contributed by atoms with Gasteiger partial charge >= 0.3 is 0 Å². The average Bonchev–Trinajstić information content (AvgIpc) is 2.71. The second kappa shape index (κ2) is 6.21. The molecule has 2 rings (SSSR count). The van der Waals surface area contributed by atoms with Gasteiger partial charge in [0, 0.05) is 41.4 Å². The van der Waals surface area contributed by atoms with E-state index in [-0.39, 0.29) is 0 Å². The average molecular weight is 324 g/mol. The molecule has 0 unspecified atom stereocenters. The third-order valence-electron chi connectivity index (χ3n) is 3.21. The van der Waals surface area contributed by atoms with E-state index in [9.17, 15) is 0 Å². The van der Waals surface area contributed by atoms with Crippen LogP contribution in [0.4, 0.5) is 0 Å². The van der Waals surface area contributed by atoms with Gasteiger partial charge < -0.3 is 10.1 Å². The minimum absolute atomic E-state index is 0.761. The molecule has 0 fully saturated rings. The summed E-state index contributed by atoms with van der Waals surface area (Å²) in [6.45, 7) is 3.63. The summed E-state index contributed by atoms with van der Waals surface area (Å²) in [6, 6.07) is 6.02. The van der Waals surface area contributed by atoms with Crippen LogP contribution in [0.3, 0.4) is 0 Å². The maximum Gasteiger partial charge on any atom is 0.123 e. The normalized spacial score (nSPS) is 10.7. The lowest BCUT2D eigenvalue weighted by Gasteiger charge is -2.10. The molecule has 0 saturated heterocycles. The first kappa shape index (κ1) is 14.1. The van der Waals surface area contributed by atoms with Gasteiger partial charge in [0.1, 0.15) is 5.75 Å². The zero-order valence-corrected chi connectivity index (χ0v) is 13.0. The van der Waals surface area contributed by atoms with Gasteiger partial charge in [0.05, 0.1) is 13.3 Å². The van der Waals surface area contributed by atoms with E-state index in [1.807, 2.05) is 30.1 Å². The number of hydrogen-bond acceptors (Lipinski definition) is 3. The Morgan fingerprint density at radius 3 is 2.68 bits per heavy atom. The van der Waals surface area contributed by atoms with Crippen LogP contribution in [-0.4, -0.2) is 16.9 Å². The number of hydrogen-bond donors (Lipinski definition) is 1. The Morgan fingerprint density at radius 2 is 2.05 bits per heavy atom. The van der Waals surface area contributed by atoms with Crippen molar-refractivity contribution in [2.75, 3.05) is 7.11 Å². The minimum Gasteiger partial charge on any atom is -0.496 e. The number of nitrogens with one attached hydrogen (secondary N) is 1. The Hall–Kier alpha value is -1.33. The van der Waals surface area contributed by atoms with Crippen molar-refractivity contribution < 1.29 is 4.74 Å². The van der Waals surface area contributed by atoms with Crippen LogP contribution in [0.5, 0.6) is 5.75 Å². The van der Waals surface area contributed by atoms with Crippen molar-refractivity contribution in [1.29, 1.82) is 0 Å². The molecule has 0 atom stereocenters. The first-order valence-electron chi connectivity index (χ1n) is 6.12. The molecule has 1 aromatic carbocycles. The molecular weight excluding hydrogens is 306 g/mol. The van der Waals surface area contributed by atoms with Crippen LogP contribution in [-0.2, 0) is 20.1 Å². The maximum absolute atomic E-state index is 5.35. The number of methoxy groups -OCH3 is 1. The van der Waals surface area contributed by atoms with Gasteiger partial charge in [0.15, 0.2) is 0 Å². The Balaban J connectivity index is 1.99. The van der Waals surface area contributed by atoms with Crippen molar-refractivity contribution in [2.45, 2.75) is 20.0 Å². The molecule has 0 aliphatic heterocycles. The standard InChI is InChI=1S/C14H18BrN3O/c1-10-12(9-17-18(10)2)8-16-7-11-6-13(15)4-5-14(11)19-3/h4-6,9,16H,7-8H2,1-3H3. The van der Waals surface area contributed by atoms with Gasteiger partial charge in [0.25, 0.3) is 0 Å². The molecule has 0 amide bonds. The van der Waals surface area contributed by atoms with Gasteiger partial charge in [-0.05, 0) is 25.1 Å². The van der Waals surface area contributed by atoms with Crippen molar-refractivity contribution in [3.05, 3.63) is 45.7 Å². The minimum atomic E-state index is 0.761. The van der Waals surface area contributed by atoms with Crippen LogP contribution in [0.15, 0.2) is 28.9 Å². The second-order valence-electron chi connectivity index (χ2n) is 4.44. The van der Waals surface area contributed by atoms with Gasteiger partial charge in [-0.25, -0.2) is 0 Å². The fourth-order valence-electron chi connectivity index (χ4n) is 1.93. The SMILES string of the molecule is COc1ccc(Br)cc1CNCc1cnn(C)c1C. The largest absolute Gasteiger partial charge is 0.496 e. The quantitative estimate of drug-likeness (QED) is 0.919. The molecule has 5 heteroatoms. The topological polar surface area (TPSA) is 39.1 Å².